The molecule has 0 saturated carbocycles. The van der Waals surface area contributed by atoms with Crippen molar-refractivity contribution >= 4 is 40.1 Å². The molecule has 1 saturated heterocycles. The highest BCUT2D eigenvalue weighted by Crippen LogP contribution is 2.38. The largest absolute Gasteiger partial charge is 0.497 e. The van der Waals surface area contributed by atoms with E-state index >= 15 is 0 Å². The van der Waals surface area contributed by atoms with Gasteiger partial charge in [0, 0.05) is 15.0 Å². The van der Waals surface area contributed by atoms with Gasteiger partial charge in [0.15, 0.2) is 0 Å². The van der Waals surface area contributed by atoms with E-state index < -0.39 is 7.12 Å². The van der Waals surface area contributed by atoms with Crippen LogP contribution in [-0.4, -0.2) is 18.3 Å². The van der Waals surface area contributed by atoms with E-state index in [2.05, 4.69) is 35.8 Å². The van der Waals surface area contributed by atoms with Crippen LogP contribution in [0.3, 0.4) is 0 Å². The highest BCUT2D eigenvalue weighted by molar-refractivity contribution is 9.10. The lowest BCUT2D eigenvalue weighted by Gasteiger charge is -2.32. The molecule has 0 radical (unpaired) electrons. The molecule has 0 amide bonds. The van der Waals surface area contributed by atoms with Gasteiger partial charge in [-0.2, -0.15) is 0 Å². The number of halogens is 2. The monoisotopic (exact) mass is 358 g/mol. The SMILES string of the molecule is CC(C)c1cc(Cl)c(B2OC(C)(C)C(C)(C)O2)c(Br)c1. The zero-order valence-electron chi connectivity index (χ0n) is 12.9. The molecule has 0 aliphatic carbocycles. The van der Waals surface area contributed by atoms with E-state index in [0.29, 0.717) is 10.9 Å². The van der Waals surface area contributed by atoms with Gasteiger partial charge in [0.25, 0.3) is 0 Å². The summed E-state index contributed by atoms with van der Waals surface area (Å²) < 4.78 is 13.1. The quantitative estimate of drug-likeness (QED) is 0.723. The smallest absolute Gasteiger partial charge is 0.399 e. The fraction of sp³-hybridized carbons (Fsp3) is 0.600. The number of benzene rings is 1. The molecule has 2 rings (SSSR count). The third-order valence-corrected chi connectivity index (χ3v) is 5.23. The van der Waals surface area contributed by atoms with Crippen LogP contribution in [0.1, 0.15) is 53.0 Å². The Labute approximate surface area is 135 Å². The fourth-order valence-electron chi connectivity index (χ4n) is 2.12. The fourth-order valence-corrected chi connectivity index (χ4v) is 3.22. The Bertz CT molecular complexity index is 490. The van der Waals surface area contributed by atoms with Crippen molar-refractivity contribution in [2.45, 2.75) is 58.7 Å². The van der Waals surface area contributed by atoms with Crippen LogP contribution in [-0.2, 0) is 9.31 Å². The zero-order chi connectivity index (χ0) is 15.3. The van der Waals surface area contributed by atoms with Crippen LogP contribution >= 0.6 is 27.5 Å². The van der Waals surface area contributed by atoms with Gasteiger partial charge < -0.3 is 9.31 Å². The third kappa shape index (κ3) is 2.80. The Balaban J connectivity index is 2.41. The molecule has 0 N–H and O–H groups in total. The van der Waals surface area contributed by atoms with Crippen molar-refractivity contribution in [3.63, 3.8) is 0 Å². The summed E-state index contributed by atoms with van der Waals surface area (Å²) in [7, 11) is -0.442. The van der Waals surface area contributed by atoms with Crippen LogP contribution in [0.4, 0.5) is 0 Å². The Morgan fingerprint density at radius 1 is 1.10 bits per heavy atom. The predicted molar refractivity (Wildman–Crippen MR) is 89.0 cm³/mol. The van der Waals surface area contributed by atoms with Crippen molar-refractivity contribution in [1.29, 1.82) is 0 Å². The van der Waals surface area contributed by atoms with Crippen LogP contribution in [0.15, 0.2) is 16.6 Å². The summed E-state index contributed by atoms with van der Waals surface area (Å²) in [6.45, 7) is 12.4. The first kappa shape index (κ1) is 16.3. The third-order valence-electron chi connectivity index (χ3n) is 4.26. The first-order valence-corrected chi connectivity index (χ1v) is 8.07. The van der Waals surface area contributed by atoms with Crippen molar-refractivity contribution in [3.8, 4) is 0 Å². The van der Waals surface area contributed by atoms with Crippen LogP contribution in [0.25, 0.3) is 0 Å². The van der Waals surface area contributed by atoms with E-state index in [1.807, 2.05) is 33.8 Å². The molecule has 0 bridgehead atoms. The van der Waals surface area contributed by atoms with Gasteiger partial charge in [-0.05, 0) is 51.3 Å². The summed E-state index contributed by atoms with van der Waals surface area (Å²) >= 11 is 10.1. The van der Waals surface area contributed by atoms with Gasteiger partial charge >= 0.3 is 7.12 Å². The van der Waals surface area contributed by atoms with Gasteiger partial charge in [-0.25, -0.2) is 0 Å². The summed E-state index contributed by atoms with van der Waals surface area (Å²) in [5, 5.41) is 0.682. The van der Waals surface area contributed by atoms with Crippen LogP contribution in [0.2, 0.25) is 5.02 Å². The molecule has 2 nitrogen and oxygen atoms in total. The van der Waals surface area contributed by atoms with E-state index in [1.165, 1.54) is 5.56 Å². The zero-order valence-corrected chi connectivity index (χ0v) is 15.2. The minimum Gasteiger partial charge on any atom is -0.399 e. The molecular formula is C15H21BBrClO2. The van der Waals surface area contributed by atoms with Gasteiger partial charge in [0.1, 0.15) is 0 Å². The van der Waals surface area contributed by atoms with Crippen molar-refractivity contribution in [3.05, 3.63) is 27.2 Å². The van der Waals surface area contributed by atoms with Crippen molar-refractivity contribution < 1.29 is 9.31 Å². The first-order valence-electron chi connectivity index (χ1n) is 6.89. The molecule has 1 aromatic carbocycles. The maximum Gasteiger partial charge on any atom is 0.497 e. The second-order valence-corrected chi connectivity index (χ2v) is 7.90. The maximum absolute atomic E-state index is 6.46. The molecule has 5 heteroatoms. The second kappa shape index (κ2) is 5.31. The molecule has 110 valence electrons. The lowest BCUT2D eigenvalue weighted by atomic mass is 9.78. The summed E-state index contributed by atoms with van der Waals surface area (Å²) in [5.41, 5.74) is 1.34. The minimum atomic E-state index is -0.442. The topological polar surface area (TPSA) is 18.5 Å². The second-order valence-electron chi connectivity index (χ2n) is 6.64. The standard InChI is InChI=1S/C15H21BBrClO2/c1-9(2)10-7-11(17)13(12(18)8-10)16-19-14(3,4)15(5,6)20-16/h7-9H,1-6H3. The molecule has 1 heterocycles. The highest BCUT2D eigenvalue weighted by Gasteiger charge is 2.52. The van der Waals surface area contributed by atoms with Crippen molar-refractivity contribution in [1.82, 2.24) is 0 Å². The maximum atomic E-state index is 6.46. The molecule has 20 heavy (non-hydrogen) atoms. The highest BCUT2D eigenvalue weighted by atomic mass is 79.9. The van der Waals surface area contributed by atoms with Crippen molar-refractivity contribution in [2.75, 3.05) is 0 Å². The van der Waals surface area contributed by atoms with Gasteiger partial charge in [0.2, 0.25) is 0 Å². The summed E-state index contributed by atoms with van der Waals surface area (Å²) in [6, 6.07) is 4.09. The van der Waals surface area contributed by atoms with Gasteiger partial charge in [-0.3, -0.25) is 0 Å². The summed E-state index contributed by atoms with van der Waals surface area (Å²) in [4.78, 5) is 0. The van der Waals surface area contributed by atoms with Crippen LogP contribution in [0.5, 0.6) is 0 Å². The number of rotatable bonds is 2. The predicted octanol–water partition coefficient (Wildman–Crippen LogP) is 4.53. The molecule has 0 aromatic heterocycles. The van der Waals surface area contributed by atoms with Crippen LogP contribution in [0, 0.1) is 0 Å². The van der Waals surface area contributed by atoms with Gasteiger partial charge in [-0.15, -0.1) is 0 Å². The molecule has 0 spiro atoms. The first-order chi connectivity index (χ1) is 9.05. The molecule has 1 aromatic rings. The number of hydrogen-bond donors (Lipinski definition) is 0. The van der Waals surface area contributed by atoms with E-state index in [0.717, 1.165) is 9.94 Å². The van der Waals surface area contributed by atoms with Gasteiger partial charge in [0.05, 0.1) is 11.2 Å². The molecular weight excluding hydrogens is 338 g/mol. The van der Waals surface area contributed by atoms with E-state index in [4.69, 9.17) is 20.9 Å². The van der Waals surface area contributed by atoms with E-state index in [-0.39, 0.29) is 11.2 Å². The molecule has 1 fully saturated rings. The Kier molecular flexibility index (Phi) is 4.34. The van der Waals surface area contributed by atoms with Crippen LogP contribution < -0.4 is 5.46 Å². The Morgan fingerprint density at radius 3 is 2.00 bits per heavy atom. The molecule has 0 unspecified atom stereocenters. The van der Waals surface area contributed by atoms with Crippen molar-refractivity contribution in [2.24, 2.45) is 0 Å². The summed E-state index contributed by atoms with van der Waals surface area (Å²) in [6.07, 6.45) is 0. The molecule has 0 atom stereocenters. The Hall–Kier alpha value is -0.0251. The number of hydrogen-bond acceptors (Lipinski definition) is 2. The normalized spacial score (nSPS) is 20.8. The lowest BCUT2D eigenvalue weighted by molar-refractivity contribution is 0.00578. The Morgan fingerprint density at radius 2 is 1.60 bits per heavy atom. The lowest BCUT2D eigenvalue weighted by Crippen LogP contribution is -2.41. The average molecular weight is 359 g/mol. The summed E-state index contributed by atoms with van der Waals surface area (Å²) in [5.74, 6) is 0.427. The average Bonchev–Trinajstić information content (AvgIpc) is 2.46. The molecule has 1 aliphatic rings. The minimum absolute atomic E-state index is 0.364. The van der Waals surface area contributed by atoms with Gasteiger partial charge in [-0.1, -0.05) is 41.4 Å². The molecule has 1 aliphatic heterocycles. The van der Waals surface area contributed by atoms with E-state index in [9.17, 15) is 0 Å². The van der Waals surface area contributed by atoms with E-state index in [1.54, 1.807) is 0 Å².